The van der Waals surface area contributed by atoms with Crippen LogP contribution in [0.4, 0.5) is 0 Å². The molecule has 37 heavy (non-hydrogen) atoms. The second-order valence-electron chi connectivity index (χ2n) is 9.87. The van der Waals surface area contributed by atoms with E-state index in [1.165, 1.54) is 11.8 Å². The lowest BCUT2D eigenvalue weighted by molar-refractivity contribution is -0.153. The Morgan fingerprint density at radius 3 is 2.89 bits per heavy atom. The number of cyclic esters (lactones) is 1. The number of hydrogen-bond acceptors (Lipinski definition) is 8. The molecule has 10 nitrogen and oxygen atoms in total. The van der Waals surface area contributed by atoms with E-state index in [0.29, 0.717) is 19.6 Å². The van der Waals surface area contributed by atoms with Crippen molar-refractivity contribution in [3.05, 3.63) is 48.6 Å². The van der Waals surface area contributed by atoms with Crippen LogP contribution in [-0.4, -0.2) is 90.0 Å². The van der Waals surface area contributed by atoms with Gasteiger partial charge in [0.15, 0.2) is 0 Å². The molecular formula is C26H29N5O5S. The van der Waals surface area contributed by atoms with Gasteiger partial charge >= 0.3 is 5.97 Å². The van der Waals surface area contributed by atoms with Gasteiger partial charge in [0.2, 0.25) is 11.8 Å². The molecule has 2 amide bonds. The number of allylic oxidation sites excluding steroid dienone is 1. The van der Waals surface area contributed by atoms with Crippen LogP contribution in [0.15, 0.2) is 48.6 Å². The molecule has 4 aliphatic heterocycles. The summed E-state index contributed by atoms with van der Waals surface area (Å²) in [6.45, 7) is 0.979. The quantitative estimate of drug-likeness (QED) is 0.461. The summed E-state index contributed by atoms with van der Waals surface area (Å²) in [5.74, 6) is -2.19. The number of fused-ring (bicyclic) bond motifs is 3. The molecule has 11 heteroatoms. The monoisotopic (exact) mass is 523 g/mol. The number of rotatable bonds is 5. The second-order valence-corrected chi connectivity index (χ2v) is 11.4. The van der Waals surface area contributed by atoms with Crippen LogP contribution < -0.4 is 0 Å². The molecule has 0 saturated carbocycles. The number of thioether (sulfide) groups is 1. The Balaban J connectivity index is 1.39. The number of carbonyl (C=O) groups is 3. The smallest absolute Gasteiger partial charge is 0.311 e. The van der Waals surface area contributed by atoms with E-state index in [1.807, 2.05) is 42.5 Å². The fourth-order valence-corrected chi connectivity index (χ4v) is 8.09. The number of ether oxygens (including phenoxy) is 1. The summed E-state index contributed by atoms with van der Waals surface area (Å²) in [6.07, 6.45) is 9.85. The van der Waals surface area contributed by atoms with Gasteiger partial charge in [-0.3, -0.25) is 14.4 Å². The number of hydrogen-bond donors (Lipinski definition) is 1. The van der Waals surface area contributed by atoms with Crippen molar-refractivity contribution >= 4 is 40.6 Å². The summed E-state index contributed by atoms with van der Waals surface area (Å²) >= 11 is 1.52. The van der Waals surface area contributed by atoms with Crippen LogP contribution in [0.3, 0.4) is 0 Å². The van der Waals surface area contributed by atoms with Crippen molar-refractivity contribution in [3.8, 4) is 0 Å². The first-order chi connectivity index (χ1) is 18.0. The zero-order valence-corrected chi connectivity index (χ0v) is 21.1. The lowest BCUT2D eigenvalue weighted by atomic mass is 9.78. The van der Waals surface area contributed by atoms with Gasteiger partial charge in [-0.15, -0.1) is 16.9 Å². The summed E-state index contributed by atoms with van der Waals surface area (Å²) in [6, 6.07) is 6.76. The normalized spacial score (nSPS) is 32.3. The summed E-state index contributed by atoms with van der Waals surface area (Å²) < 4.78 is 6.36. The van der Waals surface area contributed by atoms with Gasteiger partial charge in [-0.25, -0.2) is 4.68 Å². The molecule has 2 saturated heterocycles. The maximum Gasteiger partial charge on any atom is 0.311 e. The fourth-order valence-electron chi connectivity index (χ4n) is 6.09. The molecule has 5 heterocycles. The zero-order valence-electron chi connectivity index (χ0n) is 20.3. The second kappa shape index (κ2) is 9.60. The van der Waals surface area contributed by atoms with Gasteiger partial charge in [0.25, 0.3) is 0 Å². The number of benzene rings is 1. The van der Waals surface area contributed by atoms with E-state index in [0.717, 1.165) is 23.9 Å². The Hall–Kier alpha value is -3.18. The van der Waals surface area contributed by atoms with Crippen molar-refractivity contribution in [2.75, 3.05) is 26.3 Å². The van der Waals surface area contributed by atoms with Gasteiger partial charge in [-0.1, -0.05) is 41.7 Å². The number of carbonyl (C=O) groups excluding carboxylic acids is 3. The molecule has 4 aliphatic rings. The van der Waals surface area contributed by atoms with Crippen LogP contribution in [-0.2, 0) is 25.8 Å². The number of para-hydroxylation sites is 1. The predicted molar refractivity (Wildman–Crippen MR) is 136 cm³/mol. The van der Waals surface area contributed by atoms with Gasteiger partial charge in [0, 0.05) is 24.9 Å². The van der Waals surface area contributed by atoms with E-state index in [4.69, 9.17) is 4.74 Å². The molecule has 0 aliphatic carbocycles. The van der Waals surface area contributed by atoms with Crippen LogP contribution in [0, 0.1) is 11.8 Å². The molecule has 5 atom stereocenters. The molecule has 6 rings (SSSR count). The van der Waals surface area contributed by atoms with Gasteiger partial charge < -0.3 is 19.6 Å². The van der Waals surface area contributed by atoms with Gasteiger partial charge in [0.05, 0.1) is 28.7 Å². The first-order valence-corrected chi connectivity index (χ1v) is 13.6. The molecule has 2 aromatic rings. The third-order valence-corrected chi connectivity index (χ3v) is 9.46. The number of amides is 2. The molecule has 1 aromatic carbocycles. The first-order valence-electron chi connectivity index (χ1n) is 12.7. The summed E-state index contributed by atoms with van der Waals surface area (Å²) in [5, 5.41) is 17.7. The molecule has 194 valence electrons. The summed E-state index contributed by atoms with van der Waals surface area (Å²) in [7, 11) is 0. The van der Waals surface area contributed by atoms with Crippen molar-refractivity contribution in [1.82, 2.24) is 24.8 Å². The minimum Gasteiger partial charge on any atom is -0.465 e. The number of esters is 1. The molecule has 1 N–H and O–H groups in total. The summed E-state index contributed by atoms with van der Waals surface area (Å²) in [5.41, 5.74) is 1.55. The Morgan fingerprint density at radius 1 is 1.16 bits per heavy atom. The van der Waals surface area contributed by atoms with E-state index in [9.17, 15) is 19.5 Å². The molecule has 0 bridgehead atoms. The van der Waals surface area contributed by atoms with Crippen molar-refractivity contribution in [2.24, 2.45) is 11.8 Å². The summed E-state index contributed by atoms with van der Waals surface area (Å²) in [4.78, 5) is 44.7. The van der Waals surface area contributed by atoms with Gasteiger partial charge in [0.1, 0.15) is 18.2 Å². The number of nitrogens with zero attached hydrogens (tertiary/aromatic N) is 5. The predicted octanol–water partition coefficient (Wildman–Crippen LogP) is 1.36. The SMILES string of the molecule is O=C1OCCC/C=C\[C@@H]2S[C@]34C=CCN(Cn5nnc6ccccc65)C(=O)C3N(CCCO)C(=O)[C@@H]4[C@H]12. The number of aliphatic hydroxyl groups excluding tert-OH is 1. The lowest BCUT2D eigenvalue weighted by Gasteiger charge is -2.35. The maximum atomic E-state index is 14.2. The van der Waals surface area contributed by atoms with Crippen LogP contribution in [0.1, 0.15) is 19.3 Å². The van der Waals surface area contributed by atoms with Crippen LogP contribution in [0.2, 0.25) is 0 Å². The standard InChI is InChI=1S/C26H29N5O5S/c32-14-7-13-30-22-24(34)29(16-31-18-9-4-3-8-17(18)27-28-31)12-6-11-26(22)21(23(30)33)20-19(37-26)10-2-1-5-15-36-25(20)35/h2-4,6,8-11,19-22,32H,1,5,7,12-16H2/b10-2-/t19-,20+,21-,22?,26-/m0/s1. The zero-order chi connectivity index (χ0) is 25.6. The highest BCUT2D eigenvalue weighted by Gasteiger charge is 2.70. The van der Waals surface area contributed by atoms with Gasteiger partial charge in [-0.2, -0.15) is 0 Å². The Bertz CT molecular complexity index is 1290. The fraction of sp³-hybridized carbons (Fsp3) is 0.500. The molecule has 2 fully saturated rings. The van der Waals surface area contributed by atoms with Crippen LogP contribution >= 0.6 is 11.8 Å². The Labute approximate surface area is 218 Å². The van der Waals surface area contributed by atoms with Crippen molar-refractivity contribution in [1.29, 1.82) is 0 Å². The van der Waals surface area contributed by atoms with Crippen LogP contribution in [0.25, 0.3) is 11.0 Å². The third kappa shape index (κ3) is 3.86. The van der Waals surface area contributed by atoms with Crippen molar-refractivity contribution in [3.63, 3.8) is 0 Å². The van der Waals surface area contributed by atoms with Crippen molar-refractivity contribution < 1.29 is 24.2 Å². The molecule has 1 spiro atoms. The first kappa shape index (κ1) is 24.2. The molecule has 0 radical (unpaired) electrons. The highest BCUT2D eigenvalue weighted by Crippen LogP contribution is 2.60. The molecule has 1 aromatic heterocycles. The molecular weight excluding hydrogens is 494 g/mol. The molecule has 1 unspecified atom stereocenters. The maximum absolute atomic E-state index is 14.2. The minimum atomic E-state index is -0.902. The average molecular weight is 524 g/mol. The van der Waals surface area contributed by atoms with Crippen LogP contribution in [0.5, 0.6) is 0 Å². The number of aliphatic hydroxyl groups is 1. The topological polar surface area (TPSA) is 118 Å². The van der Waals surface area contributed by atoms with E-state index < -0.39 is 22.6 Å². The van der Waals surface area contributed by atoms with E-state index >= 15 is 0 Å². The minimum absolute atomic E-state index is 0.100. The third-order valence-electron chi connectivity index (χ3n) is 7.72. The number of aromatic nitrogens is 3. The Morgan fingerprint density at radius 2 is 2.03 bits per heavy atom. The number of likely N-dealkylation sites (tertiary alicyclic amines) is 1. The van der Waals surface area contributed by atoms with E-state index in [2.05, 4.69) is 16.4 Å². The Kier molecular flexibility index (Phi) is 6.28. The lowest BCUT2D eigenvalue weighted by Crippen LogP contribution is -2.53. The average Bonchev–Trinajstić information content (AvgIpc) is 3.50. The van der Waals surface area contributed by atoms with Crippen molar-refractivity contribution in [2.45, 2.75) is 42.0 Å². The highest BCUT2D eigenvalue weighted by molar-refractivity contribution is 8.02. The van der Waals surface area contributed by atoms with E-state index in [-0.39, 0.29) is 42.9 Å². The van der Waals surface area contributed by atoms with E-state index in [1.54, 1.807) is 14.5 Å². The van der Waals surface area contributed by atoms with Gasteiger partial charge in [-0.05, 0) is 31.4 Å². The highest BCUT2D eigenvalue weighted by atomic mass is 32.2. The largest absolute Gasteiger partial charge is 0.465 e.